The molecule has 0 atom stereocenters. The van der Waals surface area contributed by atoms with Gasteiger partial charge in [0.15, 0.2) is 11.7 Å². The quantitative estimate of drug-likeness (QED) is 0.260. The maximum atomic E-state index is 13.7. The number of nitrogens with two attached hydrogens (primary N) is 1. The van der Waals surface area contributed by atoms with Gasteiger partial charge in [-0.15, -0.1) is 11.8 Å². The van der Waals surface area contributed by atoms with Crippen LogP contribution < -0.4 is 5.73 Å². The fourth-order valence-corrected chi connectivity index (χ4v) is 2.43. The van der Waals surface area contributed by atoms with E-state index >= 15 is 0 Å². The molecule has 0 amide bonds. The van der Waals surface area contributed by atoms with Gasteiger partial charge in [-0.25, -0.2) is 4.39 Å². The van der Waals surface area contributed by atoms with Crippen molar-refractivity contribution in [2.45, 2.75) is 4.90 Å². The molecule has 1 rings (SSSR count). The largest absolute Gasteiger partial charge is 0.409 e. The Kier molecular flexibility index (Phi) is 5.04. The number of aliphatic hydroxyl groups excluding tert-OH is 1. The number of rotatable bonds is 4. The predicted octanol–water partition coefficient (Wildman–Crippen LogP) is 1.77. The smallest absolute Gasteiger partial charge is 0.171 e. The van der Waals surface area contributed by atoms with Crippen LogP contribution in [0.2, 0.25) is 0 Å². The average Bonchev–Trinajstić information content (AvgIpc) is 2.30. The molecular formula is C9H10BrFN2O2S. The highest BCUT2D eigenvalue weighted by atomic mass is 79.9. The van der Waals surface area contributed by atoms with E-state index in [1.54, 1.807) is 6.07 Å². The fraction of sp³-hybridized carbons (Fsp3) is 0.222. The van der Waals surface area contributed by atoms with Gasteiger partial charge in [0.05, 0.1) is 11.1 Å². The maximum absolute atomic E-state index is 13.7. The Morgan fingerprint density at radius 3 is 2.81 bits per heavy atom. The Morgan fingerprint density at radius 1 is 1.56 bits per heavy atom. The second kappa shape index (κ2) is 6.07. The van der Waals surface area contributed by atoms with Gasteiger partial charge in [0.1, 0.15) is 0 Å². The first-order valence-corrected chi connectivity index (χ1v) is 6.09. The zero-order valence-corrected chi connectivity index (χ0v) is 10.6. The van der Waals surface area contributed by atoms with Crippen LogP contribution in [0.5, 0.6) is 0 Å². The van der Waals surface area contributed by atoms with E-state index in [0.29, 0.717) is 10.6 Å². The molecule has 0 bridgehead atoms. The fourth-order valence-electron chi connectivity index (χ4n) is 1.05. The average molecular weight is 309 g/mol. The highest BCUT2D eigenvalue weighted by Crippen LogP contribution is 2.29. The minimum atomic E-state index is -0.484. The highest BCUT2D eigenvalue weighted by molar-refractivity contribution is 9.10. The SMILES string of the molecule is N/C(=N/O)c1ccc(SCCO)c(F)c1Br. The lowest BCUT2D eigenvalue weighted by atomic mass is 10.2. The Morgan fingerprint density at radius 2 is 2.25 bits per heavy atom. The van der Waals surface area contributed by atoms with Crippen LogP contribution >= 0.6 is 27.7 Å². The van der Waals surface area contributed by atoms with Crippen LogP contribution in [0.4, 0.5) is 4.39 Å². The number of amidine groups is 1. The van der Waals surface area contributed by atoms with Crippen molar-refractivity contribution in [3.8, 4) is 0 Å². The van der Waals surface area contributed by atoms with Gasteiger partial charge in [-0.1, -0.05) is 5.16 Å². The number of thioether (sulfide) groups is 1. The van der Waals surface area contributed by atoms with Crippen molar-refractivity contribution in [2.75, 3.05) is 12.4 Å². The summed E-state index contributed by atoms with van der Waals surface area (Å²) in [6, 6.07) is 3.07. The number of oxime groups is 1. The van der Waals surface area contributed by atoms with E-state index < -0.39 is 5.82 Å². The molecule has 0 heterocycles. The summed E-state index contributed by atoms with van der Waals surface area (Å²) in [6.45, 7) is -0.0241. The normalized spacial score (nSPS) is 11.8. The molecule has 0 aliphatic heterocycles. The lowest BCUT2D eigenvalue weighted by Crippen LogP contribution is -2.14. The van der Waals surface area contributed by atoms with Crippen molar-refractivity contribution in [1.82, 2.24) is 0 Å². The first-order valence-electron chi connectivity index (χ1n) is 4.31. The number of hydrogen-bond acceptors (Lipinski definition) is 4. The van der Waals surface area contributed by atoms with Gasteiger partial charge in [-0.2, -0.15) is 0 Å². The molecule has 0 aromatic heterocycles. The summed E-state index contributed by atoms with van der Waals surface area (Å²) in [5, 5.41) is 19.9. The van der Waals surface area contributed by atoms with Gasteiger partial charge in [0.2, 0.25) is 0 Å². The van der Waals surface area contributed by atoms with Crippen molar-refractivity contribution in [2.24, 2.45) is 10.9 Å². The second-order valence-electron chi connectivity index (χ2n) is 2.80. The number of nitrogens with zero attached hydrogens (tertiary/aromatic N) is 1. The lowest BCUT2D eigenvalue weighted by Gasteiger charge is -2.07. The molecule has 0 fully saturated rings. The molecule has 16 heavy (non-hydrogen) atoms. The number of hydrogen-bond donors (Lipinski definition) is 3. The van der Waals surface area contributed by atoms with E-state index in [1.165, 1.54) is 17.8 Å². The summed E-state index contributed by atoms with van der Waals surface area (Å²) >= 11 is 4.23. The van der Waals surface area contributed by atoms with Crippen LogP contribution in [0.15, 0.2) is 26.7 Å². The van der Waals surface area contributed by atoms with E-state index in [4.69, 9.17) is 16.0 Å². The monoisotopic (exact) mass is 308 g/mol. The number of halogens is 2. The third-order valence-corrected chi connectivity index (χ3v) is 3.57. The van der Waals surface area contributed by atoms with Crippen LogP contribution in [-0.4, -0.2) is 28.5 Å². The summed E-state index contributed by atoms with van der Waals surface area (Å²) in [7, 11) is 0. The van der Waals surface area contributed by atoms with Crippen LogP contribution in [0.1, 0.15) is 5.56 Å². The van der Waals surface area contributed by atoms with Crippen molar-refractivity contribution < 1.29 is 14.7 Å². The van der Waals surface area contributed by atoms with Crippen LogP contribution in [-0.2, 0) is 0 Å². The Hall–Kier alpha value is -0.790. The Balaban J connectivity index is 3.08. The van der Waals surface area contributed by atoms with Crippen molar-refractivity contribution in [3.63, 3.8) is 0 Å². The molecule has 1 aromatic rings. The minimum Gasteiger partial charge on any atom is -0.409 e. The zero-order chi connectivity index (χ0) is 12.1. The maximum Gasteiger partial charge on any atom is 0.171 e. The summed E-state index contributed by atoms with van der Waals surface area (Å²) in [6.07, 6.45) is 0. The summed E-state index contributed by atoms with van der Waals surface area (Å²) < 4.78 is 13.9. The zero-order valence-electron chi connectivity index (χ0n) is 8.15. The molecular weight excluding hydrogens is 299 g/mol. The van der Waals surface area contributed by atoms with Crippen molar-refractivity contribution >= 4 is 33.5 Å². The van der Waals surface area contributed by atoms with Gasteiger partial charge in [0.25, 0.3) is 0 Å². The molecule has 4 nitrogen and oxygen atoms in total. The van der Waals surface area contributed by atoms with E-state index in [-0.39, 0.29) is 22.5 Å². The lowest BCUT2D eigenvalue weighted by molar-refractivity contribution is 0.318. The standard InChI is InChI=1S/C9H10BrFN2O2S/c10-7-5(9(12)13-15)1-2-6(8(7)11)16-4-3-14/h1-2,14-15H,3-4H2,(H2,12,13). The van der Waals surface area contributed by atoms with Gasteiger partial charge >= 0.3 is 0 Å². The highest BCUT2D eigenvalue weighted by Gasteiger charge is 2.13. The predicted molar refractivity (Wildman–Crippen MR) is 64.4 cm³/mol. The molecule has 0 aliphatic rings. The Bertz CT molecular complexity index is 415. The number of benzene rings is 1. The molecule has 88 valence electrons. The molecule has 1 aromatic carbocycles. The topological polar surface area (TPSA) is 78.8 Å². The van der Waals surface area contributed by atoms with Crippen LogP contribution in [0, 0.1) is 5.82 Å². The molecule has 0 spiro atoms. The van der Waals surface area contributed by atoms with Crippen molar-refractivity contribution in [3.05, 3.63) is 28.0 Å². The molecule has 0 saturated heterocycles. The van der Waals surface area contributed by atoms with E-state index in [9.17, 15) is 4.39 Å². The number of aliphatic hydroxyl groups is 1. The van der Waals surface area contributed by atoms with Gasteiger partial charge in [-0.05, 0) is 28.1 Å². The van der Waals surface area contributed by atoms with E-state index in [2.05, 4.69) is 21.1 Å². The summed E-state index contributed by atoms with van der Waals surface area (Å²) in [5.41, 5.74) is 5.66. The van der Waals surface area contributed by atoms with Gasteiger partial charge < -0.3 is 16.0 Å². The van der Waals surface area contributed by atoms with Gasteiger partial charge in [-0.3, -0.25) is 0 Å². The van der Waals surface area contributed by atoms with E-state index in [0.717, 1.165) is 0 Å². The van der Waals surface area contributed by atoms with Crippen molar-refractivity contribution in [1.29, 1.82) is 0 Å². The van der Waals surface area contributed by atoms with Crippen LogP contribution in [0.25, 0.3) is 0 Å². The van der Waals surface area contributed by atoms with Crippen LogP contribution in [0.3, 0.4) is 0 Å². The molecule has 0 saturated carbocycles. The molecule has 0 radical (unpaired) electrons. The first kappa shape index (κ1) is 13.3. The van der Waals surface area contributed by atoms with Gasteiger partial charge in [0, 0.05) is 16.2 Å². The third kappa shape index (κ3) is 2.87. The third-order valence-electron chi connectivity index (χ3n) is 1.78. The Labute approximate surface area is 104 Å². The minimum absolute atomic E-state index is 0.0241. The molecule has 7 heteroatoms. The van der Waals surface area contributed by atoms with E-state index in [1.807, 2.05) is 0 Å². The molecule has 4 N–H and O–H groups in total. The molecule has 0 aliphatic carbocycles. The second-order valence-corrected chi connectivity index (χ2v) is 4.73. The molecule has 0 unspecified atom stereocenters. The first-order chi connectivity index (χ1) is 7.61. The summed E-state index contributed by atoms with van der Waals surface area (Å²) in [4.78, 5) is 0.399. The summed E-state index contributed by atoms with van der Waals surface area (Å²) in [5.74, 6) is -0.237.